The number of aromatic nitrogens is 1. The van der Waals surface area contributed by atoms with E-state index in [2.05, 4.69) is 15.9 Å². The van der Waals surface area contributed by atoms with Crippen LogP contribution < -0.4 is 5.56 Å². The number of hydrogen-bond donors (Lipinski definition) is 0. The van der Waals surface area contributed by atoms with Crippen molar-refractivity contribution >= 4 is 35.7 Å². The highest BCUT2D eigenvalue weighted by Gasteiger charge is 2.16. The van der Waals surface area contributed by atoms with Crippen LogP contribution in [-0.2, 0) is 16.1 Å². The van der Waals surface area contributed by atoms with Crippen LogP contribution >= 0.6 is 26.6 Å². The summed E-state index contributed by atoms with van der Waals surface area (Å²) >= 11 is 3.06. The molecule has 1 rings (SSSR count). The zero-order valence-corrected chi connectivity index (χ0v) is 9.65. The van der Waals surface area contributed by atoms with E-state index in [4.69, 9.17) is 10.7 Å². The summed E-state index contributed by atoms with van der Waals surface area (Å²) in [5, 5.41) is 0. The highest BCUT2D eigenvalue weighted by Crippen LogP contribution is 2.15. The zero-order valence-electron chi connectivity index (χ0n) is 6.49. The molecule has 0 bridgehead atoms. The second-order valence-corrected chi connectivity index (χ2v) is 5.83. The molecule has 7 heteroatoms. The number of hydrogen-bond acceptors (Lipinski definition) is 3. The monoisotopic (exact) mass is 285 g/mol. The molecule has 0 aliphatic heterocycles. The van der Waals surface area contributed by atoms with E-state index < -0.39 is 19.5 Å². The number of nitrogens with zero attached hydrogens (tertiary/aromatic N) is 1. The van der Waals surface area contributed by atoms with Gasteiger partial charge in [-0.25, -0.2) is 8.42 Å². The average molecular weight is 287 g/mol. The molecule has 0 N–H and O–H groups in total. The predicted molar refractivity (Wildman–Crippen MR) is 52.4 cm³/mol. The SMILES string of the molecule is Cn1cc(Br)cc(S(=O)(=O)Cl)c1=O. The van der Waals surface area contributed by atoms with Gasteiger partial charge in [0.15, 0.2) is 0 Å². The van der Waals surface area contributed by atoms with Crippen molar-refractivity contribution in [2.75, 3.05) is 0 Å². The Kier molecular flexibility index (Phi) is 2.84. The number of rotatable bonds is 1. The summed E-state index contributed by atoms with van der Waals surface area (Å²) in [6.07, 6.45) is 1.45. The molecule has 0 aliphatic rings. The predicted octanol–water partition coefficient (Wildman–Crippen LogP) is 1.08. The first-order valence-corrected chi connectivity index (χ1v) is 6.23. The summed E-state index contributed by atoms with van der Waals surface area (Å²) in [4.78, 5) is 10.8. The van der Waals surface area contributed by atoms with Crippen LogP contribution in [0.4, 0.5) is 0 Å². The van der Waals surface area contributed by atoms with Crippen molar-refractivity contribution in [1.82, 2.24) is 4.57 Å². The third-order valence-electron chi connectivity index (χ3n) is 1.38. The molecule has 1 heterocycles. The summed E-state index contributed by atoms with van der Waals surface area (Å²) in [6, 6.07) is 1.17. The van der Waals surface area contributed by atoms with Crippen LogP contribution in [-0.4, -0.2) is 13.0 Å². The fourth-order valence-electron chi connectivity index (χ4n) is 0.816. The lowest BCUT2D eigenvalue weighted by molar-refractivity contribution is 0.606. The maximum Gasteiger partial charge on any atom is 0.270 e. The van der Waals surface area contributed by atoms with Crippen LogP contribution in [0.15, 0.2) is 26.4 Å². The minimum absolute atomic E-state index is 0.425. The van der Waals surface area contributed by atoms with E-state index in [0.29, 0.717) is 4.47 Å². The summed E-state index contributed by atoms with van der Waals surface area (Å²) in [7, 11) is 2.52. The van der Waals surface area contributed by atoms with E-state index in [9.17, 15) is 13.2 Å². The molecule has 0 saturated carbocycles. The van der Waals surface area contributed by atoms with E-state index in [0.717, 1.165) is 4.57 Å². The summed E-state index contributed by atoms with van der Waals surface area (Å²) < 4.78 is 23.4. The third kappa shape index (κ3) is 2.32. The van der Waals surface area contributed by atoms with Gasteiger partial charge < -0.3 is 4.57 Å². The lowest BCUT2D eigenvalue weighted by atomic mass is 10.5. The molecule has 4 nitrogen and oxygen atoms in total. The maximum atomic E-state index is 11.2. The Balaban J connectivity index is 3.66. The van der Waals surface area contributed by atoms with Crippen molar-refractivity contribution in [3.05, 3.63) is 27.1 Å². The van der Waals surface area contributed by atoms with Crippen LogP contribution in [0.2, 0.25) is 0 Å². The molecule has 0 saturated heterocycles. The average Bonchev–Trinajstić information content (AvgIpc) is 1.94. The van der Waals surface area contributed by atoms with Crippen LogP contribution in [0.1, 0.15) is 0 Å². The van der Waals surface area contributed by atoms with Crippen molar-refractivity contribution < 1.29 is 8.42 Å². The molecular weight excluding hydrogens is 281 g/mol. The Labute approximate surface area is 87.7 Å². The Morgan fingerprint density at radius 3 is 2.54 bits per heavy atom. The van der Waals surface area contributed by atoms with E-state index in [-0.39, 0.29) is 0 Å². The smallest absolute Gasteiger partial charge is 0.270 e. The summed E-state index contributed by atoms with van der Waals surface area (Å²) in [5.74, 6) is 0. The van der Waals surface area contributed by atoms with Crippen LogP contribution in [0.5, 0.6) is 0 Å². The van der Waals surface area contributed by atoms with Gasteiger partial charge in [-0.2, -0.15) is 0 Å². The number of aryl methyl sites for hydroxylation is 1. The van der Waals surface area contributed by atoms with Crippen molar-refractivity contribution in [3.63, 3.8) is 0 Å². The van der Waals surface area contributed by atoms with Gasteiger partial charge in [0.1, 0.15) is 4.90 Å². The topological polar surface area (TPSA) is 56.1 Å². The first-order valence-electron chi connectivity index (χ1n) is 3.13. The quantitative estimate of drug-likeness (QED) is 0.726. The fraction of sp³-hybridized carbons (Fsp3) is 0.167. The van der Waals surface area contributed by atoms with E-state index >= 15 is 0 Å². The van der Waals surface area contributed by atoms with Gasteiger partial charge in [-0.1, -0.05) is 0 Å². The van der Waals surface area contributed by atoms with Gasteiger partial charge in [0.05, 0.1) is 0 Å². The molecule has 0 fully saturated rings. The molecule has 13 heavy (non-hydrogen) atoms. The molecular formula is C6H5BrClNO3S. The van der Waals surface area contributed by atoms with E-state index in [1.165, 1.54) is 19.3 Å². The summed E-state index contributed by atoms with van der Waals surface area (Å²) in [6.45, 7) is 0. The Morgan fingerprint density at radius 1 is 1.54 bits per heavy atom. The van der Waals surface area contributed by atoms with Crippen LogP contribution in [0, 0.1) is 0 Å². The lowest BCUT2D eigenvalue weighted by Crippen LogP contribution is -2.21. The fourth-order valence-corrected chi connectivity index (χ4v) is 2.46. The first-order chi connectivity index (χ1) is 5.82. The van der Waals surface area contributed by atoms with Gasteiger partial charge in [0, 0.05) is 28.4 Å². The molecule has 0 atom stereocenters. The molecule has 0 spiro atoms. The Bertz CT molecular complexity index is 493. The summed E-state index contributed by atoms with van der Waals surface area (Å²) in [5.41, 5.74) is -0.641. The van der Waals surface area contributed by atoms with Gasteiger partial charge in [0.25, 0.3) is 14.6 Å². The van der Waals surface area contributed by atoms with Crippen molar-refractivity contribution in [2.24, 2.45) is 7.05 Å². The number of pyridine rings is 1. The van der Waals surface area contributed by atoms with Gasteiger partial charge in [-0.15, -0.1) is 0 Å². The minimum atomic E-state index is -3.97. The highest BCUT2D eigenvalue weighted by molar-refractivity contribution is 9.10. The van der Waals surface area contributed by atoms with Crippen molar-refractivity contribution in [3.8, 4) is 0 Å². The Hall–Kier alpha value is -0.330. The molecule has 1 aromatic heterocycles. The highest BCUT2D eigenvalue weighted by atomic mass is 79.9. The second-order valence-electron chi connectivity index (χ2n) is 2.38. The van der Waals surface area contributed by atoms with Gasteiger partial charge >= 0.3 is 0 Å². The molecule has 72 valence electrons. The second kappa shape index (κ2) is 3.43. The van der Waals surface area contributed by atoms with Crippen LogP contribution in [0.3, 0.4) is 0 Å². The largest absolute Gasteiger partial charge is 0.316 e. The van der Waals surface area contributed by atoms with Crippen molar-refractivity contribution in [2.45, 2.75) is 4.90 Å². The van der Waals surface area contributed by atoms with E-state index in [1.807, 2.05) is 0 Å². The third-order valence-corrected chi connectivity index (χ3v) is 3.13. The van der Waals surface area contributed by atoms with Gasteiger partial charge in [0.2, 0.25) is 0 Å². The maximum absolute atomic E-state index is 11.2. The molecule has 0 aromatic carbocycles. The minimum Gasteiger partial charge on any atom is -0.316 e. The zero-order chi connectivity index (χ0) is 10.2. The standard InChI is InChI=1S/C6H5BrClNO3S/c1-9-3-4(7)2-5(6(9)10)13(8,11)12/h2-3H,1H3. The number of halogens is 2. The van der Waals surface area contributed by atoms with Gasteiger partial charge in [-0.3, -0.25) is 4.79 Å². The molecule has 0 radical (unpaired) electrons. The van der Waals surface area contributed by atoms with E-state index in [1.54, 1.807) is 0 Å². The molecule has 0 unspecified atom stereocenters. The Morgan fingerprint density at radius 2 is 2.08 bits per heavy atom. The normalized spacial score (nSPS) is 11.6. The molecule has 0 amide bonds. The van der Waals surface area contributed by atoms with Gasteiger partial charge in [-0.05, 0) is 22.0 Å². The van der Waals surface area contributed by atoms with Crippen LogP contribution in [0.25, 0.3) is 0 Å². The first kappa shape index (κ1) is 10.7. The lowest BCUT2D eigenvalue weighted by Gasteiger charge is -2.00. The molecule has 0 aliphatic carbocycles. The molecule has 1 aromatic rings. The van der Waals surface area contributed by atoms with Crippen molar-refractivity contribution in [1.29, 1.82) is 0 Å².